The molecule has 2 aromatic rings. The van der Waals surface area contributed by atoms with Crippen LogP contribution in [0, 0.1) is 0 Å². The summed E-state index contributed by atoms with van der Waals surface area (Å²) in [6.07, 6.45) is 1.72. The molecule has 0 fully saturated rings. The Bertz CT molecular complexity index is 848. The van der Waals surface area contributed by atoms with Gasteiger partial charge in [0.15, 0.2) is 5.96 Å². The molecular weight excluding hydrogens is 318 g/mol. The van der Waals surface area contributed by atoms with Crippen LogP contribution in [-0.4, -0.2) is 24.9 Å². The summed E-state index contributed by atoms with van der Waals surface area (Å²) in [5, 5.41) is 0. The van der Waals surface area contributed by atoms with E-state index in [1.165, 1.54) is 7.11 Å². The number of benzene rings is 2. The van der Waals surface area contributed by atoms with Crippen LogP contribution in [0.2, 0.25) is 0 Å². The minimum atomic E-state index is -0.490. The van der Waals surface area contributed by atoms with Crippen LogP contribution in [0.5, 0.6) is 0 Å². The van der Waals surface area contributed by atoms with Crippen molar-refractivity contribution in [1.82, 2.24) is 0 Å². The van der Waals surface area contributed by atoms with Crippen LogP contribution in [0.1, 0.15) is 22.8 Å². The van der Waals surface area contributed by atoms with Crippen molar-refractivity contribution in [3.63, 3.8) is 0 Å². The molecule has 2 aromatic carbocycles. The minimum Gasteiger partial charge on any atom is -0.465 e. The molecule has 1 amide bonds. The van der Waals surface area contributed by atoms with Crippen LogP contribution >= 0.6 is 0 Å². The Labute approximate surface area is 145 Å². The predicted molar refractivity (Wildman–Crippen MR) is 97.7 cm³/mol. The average Bonchev–Trinajstić information content (AvgIpc) is 2.61. The van der Waals surface area contributed by atoms with Crippen molar-refractivity contribution < 1.29 is 14.3 Å². The van der Waals surface area contributed by atoms with E-state index in [2.05, 4.69) is 4.99 Å². The van der Waals surface area contributed by atoms with Crippen molar-refractivity contribution in [2.75, 3.05) is 7.11 Å². The Morgan fingerprint density at radius 1 is 1.04 bits per heavy atom. The van der Waals surface area contributed by atoms with E-state index >= 15 is 0 Å². The van der Waals surface area contributed by atoms with Crippen LogP contribution in [0.3, 0.4) is 0 Å². The maximum absolute atomic E-state index is 11.9. The lowest BCUT2D eigenvalue weighted by molar-refractivity contribution is -0.114. The van der Waals surface area contributed by atoms with Crippen molar-refractivity contribution in [3.05, 3.63) is 65.2 Å². The Morgan fingerprint density at radius 3 is 2.28 bits per heavy atom. The fourth-order valence-corrected chi connectivity index (χ4v) is 2.29. The Kier molecular flexibility index (Phi) is 5.68. The summed E-state index contributed by atoms with van der Waals surface area (Å²) in [6.45, 7) is 1.64. The summed E-state index contributed by atoms with van der Waals surface area (Å²) >= 11 is 0. The highest BCUT2D eigenvalue weighted by molar-refractivity contribution is 6.04. The lowest BCUT2D eigenvalue weighted by Crippen LogP contribution is -2.24. The van der Waals surface area contributed by atoms with Gasteiger partial charge >= 0.3 is 5.97 Å². The third kappa shape index (κ3) is 4.54. The van der Waals surface area contributed by atoms with Crippen LogP contribution < -0.4 is 11.5 Å². The molecule has 0 aliphatic heterocycles. The molecule has 25 heavy (non-hydrogen) atoms. The van der Waals surface area contributed by atoms with E-state index in [1.54, 1.807) is 25.1 Å². The highest BCUT2D eigenvalue weighted by Gasteiger charge is 2.09. The first kappa shape index (κ1) is 17.9. The number of carbonyl (C=O) groups is 2. The highest BCUT2D eigenvalue weighted by atomic mass is 16.5. The first-order valence-electron chi connectivity index (χ1n) is 7.52. The normalized spacial score (nSPS) is 10.9. The maximum atomic E-state index is 11.9. The van der Waals surface area contributed by atoms with Crippen molar-refractivity contribution >= 4 is 23.9 Å². The molecule has 0 aliphatic rings. The second-order valence-electron chi connectivity index (χ2n) is 5.33. The molecule has 2 rings (SSSR count). The zero-order valence-corrected chi connectivity index (χ0v) is 14.0. The Morgan fingerprint density at radius 2 is 1.68 bits per heavy atom. The van der Waals surface area contributed by atoms with E-state index in [-0.39, 0.29) is 5.96 Å². The van der Waals surface area contributed by atoms with Gasteiger partial charge in [0.05, 0.1) is 12.7 Å². The molecule has 0 heterocycles. The number of rotatable bonds is 4. The third-order valence-corrected chi connectivity index (χ3v) is 3.52. The van der Waals surface area contributed by atoms with E-state index in [9.17, 15) is 9.59 Å². The lowest BCUT2D eigenvalue weighted by Gasteiger charge is -2.08. The van der Waals surface area contributed by atoms with E-state index in [4.69, 9.17) is 16.2 Å². The number of hydrogen-bond acceptors (Lipinski definition) is 3. The molecule has 6 nitrogen and oxygen atoms in total. The maximum Gasteiger partial charge on any atom is 0.337 e. The number of carbonyl (C=O) groups excluding carboxylic acids is 2. The SMILES string of the molecule is COC(=O)c1ccc(-c2ccccc2C=C(C)C(=O)N=C(N)N)cc1. The van der Waals surface area contributed by atoms with Crippen molar-refractivity contribution in [3.8, 4) is 11.1 Å². The molecule has 6 heteroatoms. The zero-order chi connectivity index (χ0) is 18.4. The fourth-order valence-electron chi connectivity index (χ4n) is 2.29. The van der Waals surface area contributed by atoms with Crippen LogP contribution in [0.25, 0.3) is 17.2 Å². The van der Waals surface area contributed by atoms with Gasteiger partial charge in [-0.2, -0.15) is 4.99 Å². The number of ether oxygens (including phenoxy) is 1. The summed E-state index contributed by atoms with van der Waals surface area (Å²) in [5.74, 6) is -1.15. The first-order chi connectivity index (χ1) is 11.9. The molecule has 0 aliphatic carbocycles. The number of esters is 1. The lowest BCUT2D eigenvalue weighted by atomic mass is 9.97. The van der Waals surface area contributed by atoms with Gasteiger partial charge in [0.2, 0.25) is 0 Å². The molecule has 0 saturated carbocycles. The van der Waals surface area contributed by atoms with Gasteiger partial charge in [-0.05, 0) is 41.8 Å². The molecule has 4 N–H and O–H groups in total. The summed E-state index contributed by atoms with van der Waals surface area (Å²) in [4.78, 5) is 27.0. The standard InChI is InChI=1S/C19H19N3O3/c1-12(17(23)22-19(20)21)11-15-5-3-4-6-16(15)13-7-9-14(10-8-13)18(24)25-2/h3-11H,1-2H3,(H4,20,21,22,23). The van der Waals surface area contributed by atoms with Gasteiger partial charge in [-0.25, -0.2) is 4.79 Å². The van der Waals surface area contributed by atoms with E-state index < -0.39 is 11.9 Å². The molecule has 128 valence electrons. The highest BCUT2D eigenvalue weighted by Crippen LogP contribution is 2.26. The summed E-state index contributed by atoms with van der Waals surface area (Å²) in [7, 11) is 1.34. The number of amides is 1. The summed E-state index contributed by atoms with van der Waals surface area (Å²) in [6, 6.07) is 14.6. The second-order valence-corrected chi connectivity index (χ2v) is 5.33. The third-order valence-electron chi connectivity index (χ3n) is 3.52. The topological polar surface area (TPSA) is 108 Å². The van der Waals surface area contributed by atoms with Crippen LogP contribution in [0.4, 0.5) is 0 Å². The minimum absolute atomic E-state index is 0.274. The smallest absolute Gasteiger partial charge is 0.337 e. The zero-order valence-electron chi connectivity index (χ0n) is 14.0. The van der Waals surface area contributed by atoms with E-state index in [0.717, 1.165) is 16.7 Å². The largest absolute Gasteiger partial charge is 0.465 e. The fraction of sp³-hybridized carbons (Fsp3) is 0.105. The van der Waals surface area contributed by atoms with Gasteiger partial charge in [0.25, 0.3) is 5.91 Å². The van der Waals surface area contributed by atoms with Crippen molar-refractivity contribution in [2.45, 2.75) is 6.92 Å². The predicted octanol–water partition coefficient (Wildman–Crippen LogP) is 2.34. The molecular formula is C19H19N3O3. The molecule has 0 bridgehead atoms. The quantitative estimate of drug-likeness (QED) is 0.385. The van der Waals surface area contributed by atoms with E-state index in [0.29, 0.717) is 11.1 Å². The molecule has 0 unspecified atom stereocenters. The average molecular weight is 337 g/mol. The number of nitrogens with zero attached hydrogens (tertiary/aromatic N) is 1. The number of methoxy groups -OCH3 is 1. The van der Waals surface area contributed by atoms with Gasteiger partial charge in [-0.1, -0.05) is 36.4 Å². The summed E-state index contributed by atoms with van der Waals surface area (Å²) < 4.78 is 4.70. The van der Waals surface area contributed by atoms with Crippen LogP contribution in [0.15, 0.2) is 59.1 Å². The van der Waals surface area contributed by atoms with E-state index in [1.807, 2.05) is 36.4 Å². The van der Waals surface area contributed by atoms with Crippen molar-refractivity contribution in [1.29, 1.82) is 0 Å². The number of nitrogens with two attached hydrogens (primary N) is 2. The van der Waals surface area contributed by atoms with Gasteiger partial charge in [-0.3, -0.25) is 4.79 Å². The Hall–Kier alpha value is -3.41. The molecule has 0 spiro atoms. The molecule has 0 atom stereocenters. The monoisotopic (exact) mass is 337 g/mol. The second kappa shape index (κ2) is 7.92. The van der Waals surface area contributed by atoms with Gasteiger partial charge in [0.1, 0.15) is 0 Å². The Balaban J connectivity index is 2.40. The number of aliphatic imine (C=N–C) groups is 1. The van der Waals surface area contributed by atoms with Crippen LogP contribution in [-0.2, 0) is 9.53 Å². The molecule has 0 aromatic heterocycles. The molecule has 0 radical (unpaired) electrons. The van der Waals surface area contributed by atoms with Gasteiger partial charge in [-0.15, -0.1) is 0 Å². The first-order valence-corrected chi connectivity index (χ1v) is 7.52. The summed E-state index contributed by atoms with van der Waals surface area (Å²) in [5.41, 5.74) is 14.0. The number of hydrogen-bond donors (Lipinski definition) is 2. The molecule has 0 saturated heterocycles. The number of guanidine groups is 1. The van der Waals surface area contributed by atoms with Gasteiger partial charge in [0, 0.05) is 5.57 Å². The van der Waals surface area contributed by atoms with Crippen molar-refractivity contribution in [2.24, 2.45) is 16.5 Å². The van der Waals surface area contributed by atoms with Gasteiger partial charge < -0.3 is 16.2 Å².